The summed E-state index contributed by atoms with van der Waals surface area (Å²) in [4.78, 5) is 35.4. The molecule has 0 heterocycles. The van der Waals surface area contributed by atoms with Crippen LogP contribution < -0.4 is 9.47 Å². The first-order valence-electron chi connectivity index (χ1n) is 6.35. The molecule has 22 heavy (non-hydrogen) atoms. The number of benzene rings is 1. The van der Waals surface area contributed by atoms with Crippen LogP contribution in [-0.2, 0) is 9.53 Å². The predicted octanol–water partition coefficient (Wildman–Crippen LogP) is 1.83. The van der Waals surface area contributed by atoms with E-state index in [1.54, 1.807) is 0 Å². The highest BCUT2D eigenvalue weighted by molar-refractivity contribution is 6.24. The third kappa shape index (κ3) is 2.63. The molecule has 6 nitrogen and oxygen atoms in total. The van der Waals surface area contributed by atoms with E-state index in [4.69, 9.17) is 9.47 Å². The monoisotopic (exact) mass is 302 g/mol. The molecule has 0 fully saturated rings. The number of hydrogen-bond acceptors (Lipinski definition) is 6. The molecule has 0 spiro atoms. The van der Waals surface area contributed by atoms with Gasteiger partial charge >= 0.3 is 5.97 Å². The summed E-state index contributed by atoms with van der Waals surface area (Å²) >= 11 is 0. The van der Waals surface area contributed by atoms with Crippen LogP contribution in [0, 0.1) is 0 Å². The minimum absolute atomic E-state index is 0.124. The number of fused-ring (bicyclic) bond motifs is 1. The summed E-state index contributed by atoms with van der Waals surface area (Å²) in [5.74, 6) is -0.811. The molecule has 0 aromatic heterocycles. The molecule has 114 valence electrons. The summed E-state index contributed by atoms with van der Waals surface area (Å²) in [6, 6.07) is 1.53. The van der Waals surface area contributed by atoms with E-state index >= 15 is 0 Å². The normalized spacial score (nSPS) is 13.2. The van der Waals surface area contributed by atoms with Crippen molar-refractivity contribution in [2.24, 2.45) is 0 Å². The fourth-order valence-electron chi connectivity index (χ4n) is 2.19. The van der Waals surface area contributed by atoms with Gasteiger partial charge in [-0.1, -0.05) is 0 Å². The van der Waals surface area contributed by atoms with Crippen LogP contribution >= 0.6 is 0 Å². The molecule has 1 aromatic rings. The smallest absolute Gasteiger partial charge is 0.330 e. The van der Waals surface area contributed by atoms with Gasteiger partial charge in [-0.05, 0) is 24.3 Å². The highest BCUT2D eigenvalue weighted by atomic mass is 16.5. The fourth-order valence-corrected chi connectivity index (χ4v) is 2.19. The Morgan fingerprint density at radius 3 is 2.18 bits per heavy atom. The van der Waals surface area contributed by atoms with Gasteiger partial charge < -0.3 is 14.2 Å². The number of methoxy groups -OCH3 is 3. The van der Waals surface area contributed by atoms with Gasteiger partial charge in [0.2, 0.25) is 0 Å². The third-order valence-electron chi connectivity index (χ3n) is 3.18. The number of ketones is 2. The average molecular weight is 302 g/mol. The van der Waals surface area contributed by atoms with E-state index in [9.17, 15) is 14.4 Å². The summed E-state index contributed by atoms with van der Waals surface area (Å²) < 4.78 is 15.0. The van der Waals surface area contributed by atoms with E-state index in [-0.39, 0.29) is 34.2 Å². The molecule has 0 unspecified atom stereocenters. The van der Waals surface area contributed by atoms with Crippen molar-refractivity contribution in [1.82, 2.24) is 0 Å². The van der Waals surface area contributed by atoms with E-state index in [1.165, 1.54) is 51.7 Å². The summed E-state index contributed by atoms with van der Waals surface area (Å²) in [7, 11) is 4.03. The Morgan fingerprint density at radius 2 is 1.64 bits per heavy atom. The first-order valence-corrected chi connectivity index (χ1v) is 6.35. The number of ether oxygens (including phenoxy) is 3. The van der Waals surface area contributed by atoms with Crippen LogP contribution in [0.2, 0.25) is 0 Å². The van der Waals surface area contributed by atoms with E-state index in [0.717, 1.165) is 0 Å². The van der Waals surface area contributed by atoms with Gasteiger partial charge in [0, 0.05) is 11.6 Å². The SMILES string of the molecule is COC(=O)/C=C/c1cc(OC)c2c(c1OC)C(=O)C=CC2=O. The summed E-state index contributed by atoms with van der Waals surface area (Å²) in [6.45, 7) is 0. The molecular weight excluding hydrogens is 288 g/mol. The summed E-state index contributed by atoms with van der Waals surface area (Å²) in [5, 5.41) is 0. The van der Waals surface area contributed by atoms with Crippen molar-refractivity contribution in [1.29, 1.82) is 0 Å². The predicted molar refractivity (Wildman–Crippen MR) is 78.4 cm³/mol. The summed E-state index contributed by atoms with van der Waals surface area (Å²) in [5.41, 5.74) is 0.709. The van der Waals surface area contributed by atoms with Crippen molar-refractivity contribution >= 4 is 23.6 Å². The Balaban J connectivity index is 2.70. The zero-order valence-corrected chi connectivity index (χ0v) is 12.3. The quantitative estimate of drug-likeness (QED) is 0.623. The van der Waals surface area contributed by atoms with Gasteiger partial charge in [0.05, 0.1) is 32.5 Å². The molecule has 0 N–H and O–H groups in total. The van der Waals surface area contributed by atoms with Crippen LogP contribution in [0.1, 0.15) is 26.3 Å². The largest absolute Gasteiger partial charge is 0.496 e. The lowest BCUT2D eigenvalue weighted by Crippen LogP contribution is -2.15. The third-order valence-corrected chi connectivity index (χ3v) is 3.18. The van der Waals surface area contributed by atoms with Crippen LogP contribution in [0.4, 0.5) is 0 Å². The summed E-state index contributed by atoms with van der Waals surface area (Å²) in [6.07, 6.45) is 5.00. The van der Waals surface area contributed by atoms with Gasteiger partial charge in [-0.15, -0.1) is 0 Å². The molecular formula is C16H14O6. The lowest BCUT2D eigenvalue weighted by atomic mass is 9.90. The minimum Gasteiger partial charge on any atom is -0.496 e. The van der Waals surface area contributed by atoms with Gasteiger partial charge in [-0.25, -0.2) is 4.79 Å². The van der Waals surface area contributed by atoms with Crippen molar-refractivity contribution in [3.8, 4) is 11.5 Å². The standard InChI is InChI=1S/C16H14O6/c1-20-12-8-9(4-7-13(19)21-2)16(22-3)15-11(18)6-5-10(17)14(12)15/h4-8H,1-3H3/b7-4+. The Morgan fingerprint density at radius 1 is 1.00 bits per heavy atom. The van der Waals surface area contributed by atoms with Crippen molar-refractivity contribution in [2.45, 2.75) is 0 Å². The van der Waals surface area contributed by atoms with Crippen molar-refractivity contribution < 1.29 is 28.6 Å². The average Bonchev–Trinajstić information content (AvgIpc) is 2.54. The Kier molecular flexibility index (Phi) is 4.41. The molecule has 0 radical (unpaired) electrons. The number of carbonyl (C=O) groups is 3. The lowest BCUT2D eigenvalue weighted by molar-refractivity contribution is -0.134. The molecule has 2 rings (SSSR count). The van der Waals surface area contributed by atoms with Gasteiger partial charge in [-0.2, -0.15) is 0 Å². The molecule has 1 aliphatic rings. The molecule has 0 aliphatic heterocycles. The van der Waals surface area contributed by atoms with E-state index in [1.807, 2.05) is 0 Å². The van der Waals surface area contributed by atoms with Gasteiger partial charge in [-0.3, -0.25) is 9.59 Å². The highest BCUT2D eigenvalue weighted by Crippen LogP contribution is 2.37. The Hall–Kier alpha value is -2.89. The molecule has 6 heteroatoms. The maximum Gasteiger partial charge on any atom is 0.330 e. The van der Waals surface area contributed by atoms with Crippen LogP contribution in [0.15, 0.2) is 24.3 Å². The number of hydrogen-bond donors (Lipinski definition) is 0. The van der Waals surface area contributed by atoms with Crippen LogP contribution in [-0.4, -0.2) is 38.9 Å². The maximum atomic E-state index is 12.1. The zero-order chi connectivity index (χ0) is 16.3. The van der Waals surface area contributed by atoms with E-state index in [0.29, 0.717) is 5.56 Å². The second-order valence-corrected chi connectivity index (χ2v) is 4.37. The number of carbonyl (C=O) groups excluding carboxylic acids is 3. The fraction of sp³-hybridized carbons (Fsp3) is 0.188. The molecule has 1 aliphatic carbocycles. The second-order valence-electron chi connectivity index (χ2n) is 4.37. The van der Waals surface area contributed by atoms with Gasteiger partial charge in [0.1, 0.15) is 11.5 Å². The van der Waals surface area contributed by atoms with E-state index in [2.05, 4.69) is 4.74 Å². The zero-order valence-electron chi connectivity index (χ0n) is 12.3. The molecule has 0 saturated carbocycles. The lowest BCUT2D eigenvalue weighted by Gasteiger charge is -2.18. The number of esters is 1. The minimum atomic E-state index is -0.555. The number of rotatable bonds is 4. The Bertz CT molecular complexity index is 712. The first-order chi connectivity index (χ1) is 10.5. The van der Waals surface area contributed by atoms with Crippen LogP contribution in [0.25, 0.3) is 6.08 Å². The molecule has 0 bridgehead atoms. The first kappa shape index (κ1) is 15.5. The van der Waals surface area contributed by atoms with Gasteiger partial charge in [0.25, 0.3) is 0 Å². The van der Waals surface area contributed by atoms with Gasteiger partial charge in [0.15, 0.2) is 11.6 Å². The van der Waals surface area contributed by atoms with E-state index < -0.39 is 5.97 Å². The van der Waals surface area contributed by atoms with Crippen molar-refractivity contribution in [2.75, 3.05) is 21.3 Å². The topological polar surface area (TPSA) is 78.9 Å². The Labute approximate surface area is 127 Å². The maximum absolute atomic E-state index is 12.1. The molecule has 0 saturated heterocycles. The van der Waals surface area contributed by atoms with Crippen molar-refractivity contribution in [3.05, 3.63) is 41.0 Å². The molecule has 0 amide bonds. The van der Waals surface area contributed by atoms with Crippen LogP contribution in [0.3, 0.4) is 0 Å². The number of allylic oxidation sites excluding steroid dienone is 2. The highest BCUT2D eigenvalue weighted by Gasteiger charge is 2.29. The van der Waals surface area contributed by atoms with Crippen LogP contribution in [0.5, 0.6) is 11.5 Å². The molecule has 1 aromatic carbocycles. The molecule has 0 atom stereocenters. The van der Waals surface area contributed by atoms with Crippen molar-refractivity contribution in [3.63, 3.8) is 0 Å². The second kappa shape index (κ2) is 6.26.